The summed E-state index contributed by atoms with van der Waals surface area (Å²) in [5.74, 6) is 0.820. The fourth-order valence-electron chi connectivity index (χ4n) is 2.81. The van der Waals surface area contributed by atoms with E-state index in [0.29, 0.717) is 6.04 Å². The van der Waals surface area contributed by atoms with Gasteiger partial charge in [0.1, 0.15) is 0 Å². The summed E-state index contributed by atoms with van der Waals surface area (Å²) in [6.45, 7) is 13.4. The van der Waals surface area contributed by atoms with Crippen LogP contribution in [0.15, 0.2) is 0 Å². The lowest BCUT2D eigenvalue weighted by Crippen LogP contribution is -2.42. The average Bonchev–Trinajstić information content (AvgIpc) is 2.44. The zero-order chi connectivity index (χ0) is 13.2. The summed E-state index contributed by atoms with van der Waals surface area (Å²) < 4.78 is 5.48. The Kier molecular flexibility index (Phi) is 8.64. The number of rotatable bonds is 9. The first-order valence-electron chi connectivity index (χ1n) is 7.85. The molecule has 1 saturated heterocycles. The third kappa shape index (κ3) is 5.68. The smallest absolute Gasteiger partial charge is 0.0469 e. The first kappa shape index (κ1) is 15.9. The molecule has 18 heavy (non-hydrogen) atoms. The second kappa shape index (κ2) is 9.76. The standard InChI is InChI=1S/C15H32N2O/c1-4-10-16-15(7-11-17(5-2)6-3)14-8-12-18-13-9-14/h14-16H,4-13H2,1-3H3. The minimum Gasteiger partial charge on any atom is -0.381 e. The molecule has 3 heteroatoms. The van der Waals surface area contributed by atoms with Gasteiger partial charge in [0.2, 0.25) is 0 Å². The molecule has 0 aliphatic carbocycles. The first-order chi connectivity index (χ1) is 8.81. The number of nitrogens with zero attached hydrogens (tertiary/aromatic N) is 1. The van der Waals surface area contributed by atoms with Gasteiger partial charge in [-0.15, -0.1) is 0 Å². The molecular weight excluding hydrogens is 224 g/mol. The summed E-state index contributed by atoms with van der Waals surface area (Å²) in [5.41, 5.74) is 0. The molecule has 0 aromatic carbocycles. The number of hydrogen-bond acceptors (Lipinski definition) is 3. The highest BCUT2D eigenvalue weighted by Crippen LogP contribution is 2.21. The zero-order valence-electron chi connectivity index (χ0n) is 12.6. The van der Waals surface area contributed by atoms with Crippen LogP contribution in [0.1, 0.15) is 46.5 Å². The summed E-state index contributed by atoms with van der Waals surface area (Å²) in [6.07, 6.45) is 4.98. The van der Waals surface area contributed by atoms with Crippen molar-refractivity contribution in [3.8, 4) is 0 Å². The monoisotopic (exact) mass is 256 g/mol. The van der Waals surface area contributed by atoms with Crippen LogP contribution in [0, 0.1) is 5.92 Å². The van der Waals surface area contributed by atoms with Crippen molar-refractivity contribution in [1.29, 1.82) is 0 Å². The van der Waals surface area contributed by atoms with Crippen LogP contribution in [0.3, 0.4) is 0 Å². The van der Waals surface area contributed by atoms with Gasteiger partial charge in [-0.05, 0) is 57.8 Å². The molecular formula is C15H32N2O. The Hall–Kier alpha value is -0.120. The highest BCUT2D eigenvalue weighted by molar-refractivity contribution is 4.79. The van der Waals surface area contributed by atoms with Crippen LogP contribution in [0.4, 0.5) is 0 Å². The minimum absolute atomic E-state index is 0.689. The van der Waals surface area contributed by atoms with Gasteiger partial charge in [-0.25, -0.2) is 0 Å². The molecule has 1 aliphatic heterocycles. The first-order valence-corrected chi connectivity index (χ1v) is 7.85. The molecule has 1 atom stereocenters. The fraction of sp³-hybridized carbons (Fsp3) is 1.00. The molecule has 0 spiro atoms. The molecule has 108 valence electrons. The van der Waals surface area contributed by atoms with Crippen LogP contribution in [0.2, 0.25) is 0 Å². The van der Waals surface area contributed by atoms with E-state index >= 15 is 0 Å². The van der Waals surface area contributed by atoms with E-state index in [0.717, 1.165) is 25.7 Å². The summed E-state index contributed by atoms with van der Waals surface area (Å²) in [7, 11) is 0. The van der Waals surface area contributed by atoms with Gasteiger partial charge < -0.3 is 15.0 Å². The van der Waals surface area contributed by atoms with E-state index in [1.54, 1.807) is 0 Å². The van der Waals surface area contributed by atoms with E-state index in [1.807, 2.05) is 0 Å². The SMILES string of the molecule is CCCNC(CCN(CC)CC)C1CCOCC1. The average molecular weight is 256 g/mol. The molecule has 0 amide bonds. The van der Waals surface area contributed by atoms with Crippen molar-refractivity contribution in [3.63, 3.8) is 0 Å². The van der Waals surface area contributed by atoms with Crippen LogP contribution in [0.5, 0.6) is 0 Å². The van der Waals surface area contributed by atoms with Gasteiger partial charge in [0, 0.05) is 19.3 Å². The Morgan fingerprint density at radius 1 is 1.17 bits per heavy atom. The maximum atomic E-state index is 5.48. The molecule has 0 aromatic heterocycles. The van der Waals surface area contributed by atoms with Crippen molar-refractivity contribution in [1.82, 2.24) is 10.2 Å². The van der Waals surface area contributed by atoms with E-state index in [9.17, 15) is 0 Å². The topological polar surface area (TPSA) is 24.5 Å². The van der Waals surface area contributed by atoms with Crippen molar-refractivity contribution in [3.05, 3.63) is 0 Å². The van der Waals surface area contributed by atoms with Crippen LogP contribution < -0.4 is 5.32 Å². The molecule has 3 nitrogen and oxygen atoms in total. The third-order valence-electron chi connectivity index (χ3n) is 4.14. The Morgan fingerprint density at radius 3 is 2.39 bits per heavy atom. The van der Waals surface area contributed by atoms with E-state index in [4.69, 9.17) is 4.74 Å². The largest absolute Gasteiger partial charge is 0.381 e. The third-order valence-corrected chi connectivity index (χ3v) is 4.14. The van der Waals surface area contributed by atoms with Crippen molar-refractivity contribution < 1.29 is 4.74 Å². The van der Waals surface area contributed by atoms with Gasteiger partial charge in [-0.2, -0.15) is 0 Å². The van der Waals surface area contributed by atoms with Crippen molar-refractivity contribution in [2.24, 2.45) is 5.92 Å². The number of ether oxygens (including phenoxy) is 1. The zero-order valence-corrected chi connectivity index (χ0v) is 12.6. The lowest BCUT2D eigenvalue weighted by atomic mass is 9.89. The molecule has 1 N–H and O–H groups in total. The van der Waals surface area contributed by atoms with E-state index in [-0.39, 0.29) is 0 Å². The van der Waals surface area contributed by atoms with Gasteiger partial charge in [0.25, 0.3) is 0 Å². The molecule has 1 unspecified atom stereocenters. The molecule has 1 aliphatic rings. The van der Waals surface area contributed by atoms with E-state index in [1.165, 1.54) is 45.3 Å². The summed E-state index contributed by atoms with van der Waals surface area (Å²) in [6, 6.07) is 0.689. The number of nitrogens with one attached hydrogen (secondary N) is 1. The predicted molar refractivity (Wildman–Crippen MR) is 78.0 cm³/mol. The molecule has 0 aromatic rings. The van der Waals surface area contributed by atoms with E-state index < -0.39 is 0 Å². The Bertz CT molecular complexity index is 189. The summed E-state index contributed by atoms with van der Waals surface area (Å²) in [4.78, 5) is 2.53. The Morgan fingerprint density at radius 2 is 1.83 bits per heavy atom. The van der Waals surface area contributed by atoms with Crippen LogP contribution in [-0.4, -0.2) is 50.3 Å². The molecule has 0 saturated carbocycles. The Labute approximate surface area is 113 Å². The summed E-state index contributed by atoms with van der Waals surface area (Å²) >= 11 is 0. The van der Waals surface area contributed by atoms with Crippen LogP contribution in [0.25, 0.3) is 0 Å². The maximum Gasteiger partial charge on any atom is 0.0469 e. The van der Waals surface area contributed by atoms with Gasteiger partial charge in [-0.1, -0.05) is 20.8 Å². The van der Waals surface area contributed by atoms with Gasteiger partial charge in [0.05, 0.1) is 0 Å². The second-order valence-corrected chi connectivity index (χ2v) is 5.33. The molecule has 1 fully saturated rings. The highest BCUT2D eigenvalue weighted by Gasteiger charge is 2.23. The molecule has 0 bridgehead atoms. The highest BCUT2D eigenvalue weighted by atomic mass is 16.5. The van der Waals surface area contributed by atoms with Crippen LogP contribution in [-0.2, 0) is 4.74 Å². The predicted octanol–water partition coefficient (Wildman–Crippen LogP) is 2.51. The van der Waals surface area contributed by atoms with Crippen molar-refractivity contribution in [2.45, 2.75) is 52.5 Å². The molecule has 0 radical (unpaired) electrons. The van der Waals surface area contributed by atoms with Crippen molar-refractivity contribution in [2.75, 3.05) is 39.4 Å². The second-order valence-electron chi connectivity index (χ2n) is 5.33. The van der Waals surface area contributed by atoms with Crippen molar-refractivity contribution >= 4 is 0 Å². The van der Waals surface area contributed by atoms with Gasteiger partial charge >= 0.3 is 0 Å². The van der Waals surface area contributed by atoms with Gasteiger partial charge in [0.15, 0.2) is 0 Å². The lowest BCUT2D eigenvalue weighted by Gasteiger charge is -2.32. The molecule has 1 heterocycles. The molecule has 1 rings (SSSR count). The fourth-order valence-corrected chi connectivity index (χ4v) is 2.81. The summed E-state index contributed by atoms with van der Waals surface area (Å²) in [5, 5.41) is 3.76. The number of hydrogen-bond donors (Lipinski definition) is 1. The Balaban J connectivity index is 2.38. The maximum absolute atomic E-state index is 5.48. The normalized spacial score (nSPS) is 19.3. The minimum atomic E-state index is 0.689. The lowest BCUT2D eigenvalue weighted by molar-refractivity contribution is 0.0511. The quantitative estimate of drug-likeness (QED) is 0.686. The van der Waals surface area contributed by atoms with Gasteiger partial charge in [-0.3, -0.25) is 0 Å². The van der Waals surface area contributed by atoms with Crippen LogP contribution >= 0.6 is 0 Å². The van der Waals surface area contributed by atoms with E-state index in [2.05, 4.69) is 31.0 Å².